The Bertz CT molecular complexity index is 507. The summed E-state index contributed by atoms with van der Waals surface area (Å²) in [6.07, 6.45) is -0.625. The normalized spacial score (nSPS) is 12.6. The van der Waals surface area contributed by atoms with Gasteiger partial charge >= 0.3 is 0 Å². The van der Waals surface area contributed by atoms with Gasteiger partial charge in [0.15, 0.2) is 6.10 Å². The molecule has 0 radical (unpaired) electrons. The first kappa shape index (κ1) is 19.1. The number of amides is 1. The SMILES string of the molecule is CC(Oc1cccc(Cl)c1Cl)C(=O)N(CCN(C)C)C(C)C. The van der Waals surface area contributed by atoms with Crippen molar-refractivity contribution in [3.05, 3.63) is 28.2 Å². The van der Waals surface area contributed by atoms with E-state index in [9.17, 15) is 4.79 Å². The summed E-state index contributed by atoms with van der Waals surface area (Å²) in [5.41, 5.74) is 0. The maximum absolute atomic E-state index is 12.6. The van der Waals surface area contributed by atoms with Crippen LogP contribution in [0.25, 0.3) is 0 Å². The Labute approximate surface area is 142 Å². The van der Waals surface area contributed by atoms with Crippen LogP contribution >= 0.6 is 23.2 Å². The van der Waals surface area contributed by atoms with Gasteiger partial charge in [-0.25, -0.2) is 0 Å². The number of hydrogen-bond acceptors (Lipinski definition) is 3. The number of carbonyl (C=O) groups is 1. The molecule has 0 bridgehead atoms. The highest BCUT2D eigenvalue weighted by molar-refractivity contribution is 6.42. The summed E-state index contributed by atoms with van der Waals surface area (Å²) in [5.74, 6) is 0.360. The molecule has 124 valence electrons. The molecule has 0 saturated heterocycles. The number of likely N-dealkylation sites (N-methyl/N-ethyl adjacent to an activating group) is 1. The van der Waals surface area contributed by atoms with E-state index in [0.717, 1.165) is 6.54 Å². The predicted molar refractivity (Wildman–Crippen MR) is 92.0 cm³/mol. The topological polar surface area (TPSA) is 32.8 Å². The van der Waals surface area contributed by atoms with Crippen molar-refractivity contribution < 1.29 is 9.53 Å². The van der Waals surface area contributed by atoms with Crippen LogP contribution in [0.3, 0.4) is 0 Å². The van der Waals surface area contributed by atoms with Crippen LogP contribution in [0.4, 0.5) is 0 Å². The first-order valence-electron chi connectivity index (χ1n) is 7.30. The zero-order chi connectivity index (χ0) is 16.9. The molecule has 0 saturated carbocycles. The fourth-order valence-corrected chi connectivity index (χ4v) is 2.32. The van der Waals surface area contributed by atoms with Crippen molar-refractivity contribution in [3.8, 4) is 5.75 Å². The van der Waals surface area contributed by atoms with E-state index in [2.05, 4.69) is 0 Å². The Hall–Kier alpha value is -0.970. The van der Waals surface area contributed by atoms with E-state index in [1.54, 1.807) is 25.1 Å². The van der Waals surface area contributed by atoms with Gasteiger partial charge < -0.3 is 14.5 Å². The van der Waals surface area contributed by atoms with Crippen LogP contribution in [0.2, 0.25) is 10.0 Å². The Kier molecular flexibility index (Phi) is 7.46. The maximum Gasteiger partial charge on any atom is 0.263 e. The third kappa shape index (κ3) is 5.34. The van der Waals surface area contributed by atoms with Crippen LogP contribution < -0.4 is 4.74 Å². The minimum absolute atomic E-state index is 0.0621. The molecular formula is C16H24Cl2N2O2. The summed E-state index contributed by atoms with van der Waals surface area (Å²) in [6, 6.07) is 5.24. The van der Waals surface area contributed by atoms with Gasteiger partial charge in [0.2, 0.25) is 0 Å². The molecule has 0 spiro atoms. The minimum Gasteiger partial charge on any atom is -0.479 e. The smallest absolute Gasteiger partial charge is 0.263 e. The van der Waals surface area contributed by atoms with E-state index in [-0.39, 0.29) is 11.9 Å². The van der Waals surface area contributed by atoms with Gasteiger partial charge in [-0.15, -0.1) is 0 Å². The highest BCUT2D eigenvalue weighted by atomic mass is 35.5. The van der Waals surface area contributed by atoms with E-state index < -0.39 is 6.10 Å². The fourth-order valence-electron chi connectivity index (χ4n) is 1.98. The van der Waals surface area contributed by atoms with Crippen molar-refractivity contribution >= 4 is 29.1 Å². The molecule has 1 atom stereocenters. The minimum atomic E-state index is -0.625. The lowest BCUT2D eigenvalue weighted by atomic mass is 10.2. The first-order chi connectivity index (χ1) is 10.2. The molecule has 1 unspecified atom stereocenters. The summed E-state index contributed by atoms with van der Waals surface area (Å²) in [5, 5.41) is 0.736. The van der Waals surface area contributed by atoms with Gasteiger partial charge in [0.05, 0.1) is 5.02 Å². The van der Waals surface area contributed by atoms with Crippen molar-refractivity contribution in [2.24, 2.45) is 0 Å². The second-order valence-corrected chi connectivity index (χ2v) is 6.53. The van der Waals surface area contributed by atoms with E-state index in [0.29, 0.717) is 22.3 Å². The standard InChI is InChI=1S/C16H24Cl2N2O2/c1-11(2)20(10-9-19(4)5)16(21)12(3)22-14-8-6-7-13(17)15(14)18/h6-8,11-12H,9-10H2,1-5H3. The summed E-state index contributed by atoms with van der Waals surface area (Å²) >= 11 is 12.1. The Morgan fingerprint density at radius 3 is 2.36 bits per heavy atom. The van der Waals surface area contributed by atoms with Crippen LogP contribution in [0.5, 0.6) is 5.75 Å². The van der Waals surface area contributed by atoms with Crippen molar-refractivity contribution in [3.63, 3.8) is 0 Å². The van der Waals surface area contributed by atoms with Gasteiger partial charge in [-0.05, 0) is 47.0 Å². The molecule has 0 aliphatic carbocycles. The van der Waals surface area contributed by atoms with Crippen molar-refractivity contribution in [2.75, 3.05) is 27.2 Å². The molecule has 0 aliphatic rings. The summed E-state index contributed by atoms with van der Waals surface area (Å²) in [4.78, 5) is 16.5. The third-order valence-corrected chi connectivity index (χ3v) is 4.06. The van der Waals surface area contributed by atoms with Gasteiger partial charge in [-0.1, -0.05) is 29.3 Å². The van der Waals surface area contributed by atoms with Gasteiger partial charge in [0.1, 0.15) is 10.8 Å². The summed E-state index contributed by atoms with van der Waals surface area (Å²) in [7, 11) is 3.96. The lowest BCUT2D eigenvalue weighted by Gasteiger charge is -2.30. The molecule has 0 fully saturated rings. The zero-order valence-corrected chi connectivity index (χ0v) is 15.3. The molecular weight excluding hydrogens is 323 g/mol. The number of benzene rings is 1. The lowest BCUT2D eigenvalue weighted by molar-refractivity contribution is -0.139. The molecule has 0 heterocycles. The van der Waals surface area contributed by atoms with E-state index >= 15 is 0 Å². The van der Waals surface area contributed by atoms with Crippen molar-refractivity contribution in [1.29, 1.82) is 0 Å². The van der Waals surface area contributed by atoms with Crippen LogP contribution in [0.15, 0.2) is 18.2 Å². The molecule has 0 N–H and O–H groups in total. The van der Waals surface area contributed by atoms with E-state index in [1.807, 2.05) is 37.7 Å². The number of ether oxygens (including phenoxy) is 1. The number of nitrogens with zero attached hydrogens (tertiary/aromatic N) is 2. The Morgan fingerprint density at radius 1 is 1.18 bits per heavy atom. The Morgan fingerprint density at radius 2 is 1.82 bits per heavy atom. The van der Waals surface area contributed by atoms with Crippen LogP contribution in [0, 0.1) is 0 Å². The van der Waals surface area contributed by atoms with E-state index in [4.69, 9.17) is 27.9 Å². The predicted octanol–water partition coefficient (Wildman–Crippen LogP) is 3.56. The fraction of sp³-hybridized carbons (Fsp3) is 0.562. The van der Waals surface area contributed by atoms with Gasteiger partial charge in [0.25, 0.3) is 5.91 Å². The molecule has 1 aromatic rings. The average Bonchev–Trinajstić information content (AvgIpc) is 2.43. The molecule has 6 heteroatoms. The van der Waals surface area contributed by atoms with E-state index in [1.165, 1.54) is 0 Å². The first-order valence-corrected chi connectivity index (χ1v) is 8.05. The molecule has 1 rings (SSSR count). The highest BCUT2D eigenvalue weighted by Crippen LogP contribution is 2.32. The van der Waals surface area contributed by atoms with Crippen LogP contribution in [-0.4, -0.2) is 55.0 Å². The molecule has 4 nitrogen and oxygen atoms in total. The molecule has 1 amide bonds. The van der Waals surface area contributed by atoms with Crippen molar-refractivity contribution in [2.45, 2.75) is 32.9 Å². The zero-order valence-electron chi connectivity index (χ0n) is 13.8. The quantitative estimate of drug-likeness (QED) is 0.756. The number of halogens is 2. The second-order valence-electron chi connectivity index (χ2n) is 5.74. The van der Waals surface area contributed by atoms with Gasteiger partial charge in [-0.2, -0.15) is 0 Å². The summed E-state index contributed by atoms with van der Waals surface area (Å²) in [6.45, 7) is 7.17. The maximum atomic E-state index is 12.6. The van der Waals surface area contributed by atoms with Gasteiger partial charge in [-0.3, -0.25) is 4.79 Å². The number of carbonyl (C=O) groups excluding carboxylic acids is 1. The molecule has 1 aromatic carbocycles. The monoisotopic (exact) mass is 346 g/mol. The molecule has 22 heavy (non-hydrogen) atoms. The van der Waals surface area contributed by atoms with Gasteiger partial charge in [0, 0.05) is 19.1 Å². The molecule has 0 aliphatic heterocycles. The third-order valence-electron chi connectivity index (χ3n) is 3.26. The average molecular weight is 347 g/mol. The summed E-state index contributed by atoms with van der Waals surface area (Å²) < 4.78 is 5.70. The largest absolute Gasteiger partial charge is 0.479 e. The Balaban J connectivity index is 2.78. The number of rotatable bonds is 7. The van der Waals surface area contributed by atoms with Crippen LogP contribution in [-0.2, 0) is 4.79 Å². The van der Waals surface area contributed by atoms with Crippen LogP contribution in [0.1, 0.15) is 20.8 Å². The lowest BCUT2D eigenvalue weighted by Crippen LogP contribution is -2.46. The highest BCUT2D eigenvalue weighted by Gasteiger charge is 2.25. The second kappa shape index (κ2) is 8.61. The number of hydrogen-bond donors (Lipinski definition) is 0. The van der Waals surface area contributed by atoms with Crippen molar-refractivity contribution in [1.82, 2.24) is 9.80 Å². The molecule has 0 aromatic heterocycles.